The van der Waals surface area contributed by atoms with Gasteiger partial charge in [-0.25, -0.2) is 4.79 Å². The molecular formula is C14H20N4O3. The van der Waals surface area contributed by atoms with E-state index >= 15 is 0 Å². The average molecular weight is 292 g/mol. The van der Waals surface area contributed by atoms with Crippen molar-refractivity contribution in [2.45, 2.75) is 13.8 Å². The molecule has 1 aromatic heterocycles. The number of piperazine rings is 1. The van der Waals surface area contributed by atoms with Crippen molar-refractivity contribution in [1.82, 2.24) is 20.1 Å². The van der Waals surface area contributed by atoms with Crippen molar-refractivity contribution < 1.29 is 9.59 Å². The molecule has 0 radical (unpaired) electrons. The van der Waals surface area contributed by atoms with E-state index in [9.17, 15) is 14.4 Å². The maximum Gasteiger partial charge on any atom is 0.317 e. The van der Waals surface area contributed by atoms with Crippen LogP contribution >= 0.6 is 0 Å². The van der Waals surface area contributed by atoms with Gasteiger partial charge in [-0.2, -0.15) is 0 Å². The number of H-pyrrole nitrogens is 1. The van der Waals surface area contributed by atoms with E-state index in [0.717, 1.165) is 0 Å². The van der Waals surface area contributed by atoms with Gasteiger partial charge in [0.1, 0.15) is 0 Å². The van der Waals surface area contributed by atoms with Gasteiger partial charge < -0.3 is 20.1 Å². The van der Waals surface area contributed by atoms with E-state index in [-0.39, 0.29) is 17.5 Å². The van der Waals surface area contributed by atoms with Gasteiger partial charge in [-0.3, -0.25) is 9.59 Å². The summed E-state index contributed by atoms with van der Waals surface area (Å²) in [4.78, 5) is 41.5. The fraction of sp³-hybridized carbons (Fsp3) is 0.500. The molecule has 1 saturated heterocycles. The Kier molecular flexibility index (Phi) is 4.62. The van der Waals surface area contributed by atoms with Crippen LogP contribution in [0.15, 0.2) is 16.9 Å². The second-order valence-corrected chi connectivity index (χ2v) is 5.03. The molecule has 1 aliphatic heterocycles. The molecule has 0 bridgehead atoms. The summed E-state index contributed by atoms with van der Waals surface area (Å²) in [6, 6.07) is 2.88. The van der Waals surface area contributed by atoms with E-state index in [4.69, 9.17) is 0 Å². The lowest BCUT2D eigenvalue weighted by Crippen LogP contribution is -2.53. The van der Waals surface area contributed by atoms with Crippen molar-refractivity contribution in [3.63, 3.8) is 0 Å². The van der Waals surface area contributed by atoms with Crippen LogP contribution in [0.3, 0.4) is 0 Å². The van der Waals surface area contributed by atoms with E-state index in [0.29, 0.717) is 44.0 Å². The number of hydrogen-bond donors (Lipinski definition) is 2. The van der Waals surface area contributed by atoms with Gasteiger partial charge in [-0.1, -0.05) is 0 Å². The maximum atomic E-state index is 12.4. The highest BCUT2D eigenvalue weighted by Crippen LogP contribution is 2.08. The van der Waals surface area contributed by atoms with E-state index < -0.39 is 0 Å². The molecule has 3 amide bonds. The minimum absolute atomic E-state index is 0.100. The summed E-state index contributed by atoms with van der Waals surface area (Å²) in [5, 5.41) is 2.74. The second kappa shape index (κ2) is 6.43. The Balaban J connectivity index is 2.00. The van der Waals surface area contributed by atoms with Gasteiger partial charge in [0.25, 0.3) is 5.91 Å². The molecule has 0 spiro atoms. The normalized spacial score (nSPS) is 15.0. The van der Waals surface area contributed by atoms with Crippen LogP contribution in [0.25, 0.3) is 0 Å². The predicted octanol–water partition coefficient (Wildman–Crippen LogP) is 0.171. The summed E-state index contributed by atoms with van der Waals surface area (Å²) in [6.07, 6.45) is 0. The first-order valence-corrected chi connectivity index (χ1v) is 7.04. The third-order valence-electron chi connectivity index (χ3n) is 3.41. The van der Waals surface area contributed by atoms with Crippen molar-refractivity contribution in [3.05, 3.63) is 33.7 Å². The Hall–Kier alpha value is -2.31. The molecule has 21 heavy (non-hydrogen) atoms. The molecule has 0 aromatic carbocycles. The highest BCUT2D eigenvalue weighted by molar-refractivity contribution is 5.94. The zero-order chi connectivity index (χ0) is 15.4. The lowest BCUT2D eigenvalue weighted by Gasteiger charge is -2.34. The first kappa shape index (κ1) is 15.1. The van der Waals surface area contributed by atoms with Crippen LogP contribution in [0.1, 0.15) is 23.0 Å². The summed E-state index contributed by atoms with van der Waals surface area (Å²) < 4.78 is 0. The van der Waals surface area contributed by atoms with Crippen LogP contribution < -0.4 is 10.9 Å². The van der Waals surface area contributed by atoms with Crippen LogP contribution in [0, 0.1) is 6.92 Å². The Morgan fingerprint density at radius 2 is 1.81 bits per heavy atom. The number of hydrogen-bond acceptors (Lipinski definition) is 3. The zero-order valence-corrected chi connectivity index (χ0v) is 12.3. The van der Waals surface area contributed by atoms with E-state index in [1.165, 1.54) is 6.07 Å². The summed E-state index contributed by atoms with van der Waals surface area (Å²) >= 11 is 0. The van der Waals surface area contributed by atoms with Crippen molar-refractivity contribution >= 4 is 11.9 Å². The third kappa shape index (κ3) is 3.62. The molecule has 7 heteroatoms. The van der Waals surface area contributed by atoms with Gasteiger partial charge in [0.2, 0.25) is 5.56 Å². The average Bonchev–Trinajstić information content (AvgIpc) is 2.46. The maximum absolute atomic E-state index is 12.4. The monoisotopic (exact) mass is 292 g/mol. The SMILES string of the molecule is CCNC(=O)N1CCN(C(=O)c2cc(C)[nH]c(=O)c2)CC1. The summed E-state index contributed by atoms with van der Waals surface area (Å²) in [7, 11) is 0. The molecule has 2 N–H and O–H groups in total. The first-order valence-electron chi connectivity index (χ1n) is 7.04. The van der Waals surface area contributed by atoms with Crippen molar-refractivity contribution in [1.29, 1.82) is 0 Å². The van der Waals surface area contributed by atoms with E-state index in [1.807, 2.05) is 6.92 Å². The second-order valence-electron chi connectivity index (χ2n) is 5.03. The van der Waals surface area contributed by atoms with E-state index in [1.54, 1.807) is 22.8 Å². The Bertz CT molecular complexity index is 588. The minimum Gasteiger partial charge on any atom is -0.338 e. The molecule has 2 heterocycles. The van der Waals surface area contributed by atoms with Crippen LogP contribution in [0.5, 0.6) is 0 Å². The molecule has 1 aromatic rings. The topological polar surface area (TPSA) is 85.5 Å². The smallest absolute Gasteiger partial charge is 0.317 e. The van der Waals surface area contributed by atoms with Crippen molar-refractivity contribution in [2.24, 2.45) is 0 Å². The molecule has 114 valence electrons. The molecule has 0 aliphatic carbocycles. The largest absolute Gasteiger partial charge is 0.338 e. The minimum atomic E-state index is -0.278. The Morgan fingerprint density at radius 1 is 1.19 bits per heavy atom. The molecule has 1 aliphatic rings. The third-order valence-corrected chi connectivity index (χ3v) is 3.41. The summed E-state index contributed by atoms with van der Waals surface area (Å²) in [6.45, 7) is 6.14. The Morgan fingerprint density at radius 3 is 2.38 bits per heavy atom. The van der Waals surface area contributed by atoms with Crippen molar-refractivity contribution in [2.75, 3.05) is 32.7 Å². The summed E-state index contributed by atoms with van der Waals surface area (Å²) in [5.74, 6) is -0.167. The predicted molar refractivity (Wildman–Crippen MR) is 78.3 cm³/mol. The van der Waals surface area contributed by atoms with Gasteiger partial charge in [-0.05, 0) is 19.9 Å². The molecule has 1 fully saturated rings. The Labute approximate surface area is 122 Å². The van der Waals surface area contributed by atoms with Gasteiger partial charge in [-0.15, -0.1) is 0 Å². The van der Waals surface area contributed by atoms with Gasteiger partial charge in [0.05, 0.1) is 0 Å². The fourth-order valence-electron chi connectivity index (χ4n) is 2.36. The number of aryl methyl sites for hydroxylation is 1. The van der Waals surface area contributed by atoms with Gasteiger partial charge in [0.15, 0.2) is 0 Å². The van der Waals surface area contributed by atoms with E-state index in [2.05, 4.69) is 10.3 Å². The molecule has 0 saturated carbocycles. The first-order chi connectivity index (χ1) is 10.0. The number of amides is 3. The van der Waals surface area contributed by atoms with Crippen LogP contribution in [0.4, 0.5) is 4.79 Å². The fourth-order valence-corrected chi connectivity index (χ4v) is 2.36. The number of carbonyl (C=O) groups excluding carboxylic acids is 2. The lowest BCUT2D eigenvalue weighted by molar-refractivity contribution is 0.0665. The number of urea groups is 1. The summed E-state index contributed by atoms with van der Waals surface area (Å²) in [5.41, 5.74) is 0.772. The molecule has 7 nitrogen and oxygen atoms in total. The number of carbonyl (C=O) groups is 2. The highest BCUT2D eigenvalue weighted by Gasteiger charge is 2.24. The molecular weight excluding hydrogens is 272 g/mol. The quantitative estimate of drug-likeness (QED) is 0.815. The molecule has 2 rings (SSSR count). The van der Waals surface area contributed by atoms with Gasteiger partial charge >= 0.3 is 6.03 Å². The van der Waals surface area contributed by atoms with Crippen LogP contribution in [0.2, 0.25) is 0 Å². The number of aromatic amines is 1. The number of nitrogens with one attached hydrogen (secondary N) is 2. The lowest BCUT2D eigenvalue weighted by atomic mass is 10.2. The van der Waals surface area contributed by atoms with Crippen LogP contribution in [-0.2, 0) is 0 Å². The highest BCUT2D eigenvalue weighted by atomic mass is 16.2. The van der Waals surface area contributed by atoms with Gasteiger partial charge in [0, 0.05) is 50.0 Å². The number of pyridine rings is 1. The van der Waals surface area contributed by atoms with Crippen LogP contribution in [-0.4, -0.2) is 59.4 Å². The number of aromatic nitrogens is 1. The number of rotatable bonds is 2. The molecule has 0 atom stereocenters. The van der Waals surface area contributed by atoms with Crippen molar-refractivity contribution in [3.8, 4) is 0 Å². The standard InChI is InChI=1S/C14H20N4O3/c1-3-15-14(21)18-6-4-17(5-7-18)13(20)11-8-10(2)16-12(19)9-11/h8-9H,3-7H2,1-2H3,(H,15,21)(H,16,19). The number of nitrogens with zero attached hydrogens (tertiary/aromatic N) is 2. The zero-order valence-electron chi connectivity index (χ0n) is 12.3. The molecule has 0 unspecified atom stereocenters.